The van der Waals surface area contributed by atoms with Crippen molar-refractivity contribution in [1.82, 2.24) is 10.0 Å². The molecule has 6 nitrogen and oxygen atoms in total. The second-order valence-corrected chi connectivity index (χ2v) is 8.52. The Morgan fingerprint density at radius 2 is 1.92 bits per heavy atom. The molecule has 1 amide bonds. The van der Waals surface area contributed by atoms with E-state index in [0.717, 1.165) is 25.7 Å². The lowest BCUT2D eigenvalue weighted by Crippen LogP contribution is -2.45. The molecule has 0 unspecified atom stereocenters. The first-order chi connectivity index (χ1) is 10.7. The predicted octanol–water partition coefficient (Wildman–Crippen LogP) is 1.80. The van der Waals surface area contributed by atoms with Crippen LogP contribution in [0.1, 0.15) is 49.9 Å². The number of nitrogens with two attached hydrogens (primary N) is 1. The lowest BCUT2D eigenvalue weighted by Gasteiger charge is -2.19. The van der Waals surface area contributed by atoms with Gasteiger partial charge in [0.2, 0.25) is 10.0 Å². The third-order valence-electron chi connectivity index (χ3n) is 3.79. The van der Waals surface area contributed by atoms with Gasteiger partial charge in [-0.05, 0) is 44.9 Å². The Morgan fingerprint density at radius 1 is 1.29 bits per heavy atom. The monoisotopic (exact) mass is 375 g/mol. The maximum absolute atomic E-state index is 12.4. The van der Waals surface area contributed by atoms with Crippen molar-refractivity contribution >= 4 is 28.3 Å². The highest BCUT2D eigenvalue weighted by Gasteiger charge is 2.23. The third kappa shape index (κ3) is 6.05. The van der Waals surface area contributed by atoms with Crippen LogP contribution in [0.3, 0.4) is 0 Å². The summed E-state index contributed by atoms with van der Waals surface area (Å²) in [6, 6.07) is 6.06. The fraction of sp³-hybridized carbons (Fsp3) is 0.562. The third-order valence-corrected chi connectivity index (χ3v) is 5.31. The van der Waals surface area contributed by atoms with Crippen LogP contribution >= 0.6 is 12.4 Å². The summed E-state index contributed by atoms with van der Waals surface area (Å²) in [4.78, 5) is 12.2. The Hall–Kier alpha value is -1.15. The summed E-state index contributed by atoms with van der Waals surface area (Å²) < 4.78 is 27.5. The minimum atomic E-state index is -3.60. The molecule has 1 aliphatic carbocycles. The number of carbonyl (C=O) groups is 1. The fourth-order valence-corrected chi connectivity index (χ4v) is 3.90. The molecule has 1 aromatic carbocycles. The van der Waals surface area contributed by atoms with Gasteiger partial charge in [-0.3, -0.25) is 4.79 Å². The van der Waals surface area contributed by atoms with Crippen molar-refractivity contribution in [3.8, 4) is 0 Å². The van der Waals surface area contributed by atoms with Gasteiger partial charge in [0.25, 0.3) is 5.91 Å². The maximum atomic E-state index is 12.4. The van der Waals surface area contributed by atoms with Gasteiger partial charge in [-0.15, -0.1) is 12.4 Å². The van der Waals surface area contributed by atoms with Crippen LogP contribution in [0.25, 0.3) is 0 Å². The molecule has 0 radical (unpaired) electrons. The average Bonchev–Trinajstić information content (AvgIpc) is 2.96. The smallest absolute Gasteiger partial charge is 0.251 e. The molecule has 0 heterocycles. The molecule has 24 heavy (non-hydrogen) atoms. The van der Waals surface area contributed by atoms with Crippen LogP contribution in [-0.2, 0) is 10.0 Å². The quantitative estimate of drug-likeness (QED) is 0.705. The molecule has 0 saturated heterocycles. The molecular formula is C16H26ClN3O3S. The van der Waals surface area contributed by atoms with Crippen LogP contribution < -0.4 is 15.8 Å². The topological polar surface area (TPSA) is 101 Å². The van der Waals surface area contributed by atoms with Crippen LogP contribution in [0.5, 0.6) is 0 Å². The summed E-state index contributed by atoms with van der Waals surface area (Å²) >= 11 is 0. The predicted molar refractivity (Wildman–Crippen MR) is 96.9 cm³/mol. The molecule has 8 heteroatoms. The first-order valence-corrected chi connectivity index (χ1v) is 9.35. The maximum Gasteiger partial charge on any atom is 0.251 e. The number of sulfonamides is 1. The van der Waals surface area contributed by atoms with Crippen molar-refractivity contribution in [2.75, 3.05) is 6.54 Å². The number of benzene rings is 1. The molecule has 1 aromatic rings. The number of halogens is 1. The van der Waals surface area contributed by atoms with E-state index in [1.54, 1.807) is 26.0 Å². The lowest BCUT2D eigenvalue weighted by molar-refractivity contribution is 0.0946. The first kappa shape index (κ1) is 20.9. The highest BCUT2D eigenvalue weighted by molar-refractivity contribution is 7.89. The van der Waals surface area contributed by atoms with Gasteiger partial charge in [-0.2, -0.15) is 0 Å². The van der Waals surface area contributed by atoms with E-state index in [4.69, 9.17) is 5.73 Å². The lowest BCUT2D eigenvalue weighted by atomic mass is 10.1. The van der Waals surface area contributed by atoms with Crippen molar-refractivity contribution < 1.29 is 13.2 Å². The van der Waals surface area contributed by atoms with E-state index in [2.05, 4.69) is 10.0 Å². The zero-order valence-electron chi connectivity index (χ0n) is 14.0. The molecule has 4 N–H and O–H groups in total. The van der Waals surface area contributed by atoms with Gasteiger partial charge in [-0.25, -0.2) is 13.1 Å². The summed E-state index contributed by atoms with van der Waals surface area (Å²) in [6.07, 6.45) is 3.82. The van der Waals surface area contributed by atoms with Gasteiger partial charge in [0, 0.05) is 23.7 Å². The summed E-state index contributed by atoms with van der Waals surface area (Å²) in [5, 5.41) is 2.71. The summed E-state index contributed by atoms with van der Waals surface area (Å²) in [7, 11) is -3.60. The first-order valence-electron chi connectivity index (χ1n) is 7.87. The molecule has 0 aliphatic heterocycles. The van der Waals surface area contributed by atoms with E-state index in [-0.39, 0.29) is 29.3 Å². The second-order valence-electron chi connectivity index (χ2n) is 6.80. The Bertz CT molecular complexity index is 665. The molecule has 1 saturated carbocycles. The van der Waals surface area contributed by atoms with Crippen molar-refractivity contribution in [2.24, 2.45) is 5.73 Å². The molecule has 0 atom stereocenters. The summed E-state index contributed by atoms with van der Waals surface area (Å²) in [5.41, 5.74) is 5.62. The number of amides is 1. The van der Waals surface area contributed by atoms with E-state index in [9.17, 15) is 13.2 Å². The number of hydrogen-bond acceptors (Lipinski definition) is 4. The van der Waals surface area contributed by atoms with Gasteiger partial charge in [0.05, 0.1) is 4.90 Å². The van der Waals surface area contributed by atoms with Crippen LogP contribution in [-0.4, -0.2) is 32.5 Å². The second kappa shape index (κ2) is 8.29. The highest BCUT2D eigenvalue weighted by Crippen LogP contribution is 2.20. The van der Waals surface area contributed by atoms with Crippen molar-refractivity contribution in [3.05, 3.63) is 29.8 Å². The van der Waals surface area contributed by atoms with Crippen molar-refractivity contribution in [1.29, 1.82) is 0 Å². The summed E-state index contributed by atoms with van der Waals surface area (Å²) in [6.45, 7) is 3.92. The summed E-state index contributed by atoms with van der Waals surface area (Å²) in [5.74, 6) is -0.332. The molecular weight excluding hydrogens is 350 g/mol. The van der Waals surface area contributed by atoms with Gasteiger partial charge in [0.1, 0.15) is 0 Å². The van der Waals surface area contributed by atoms with Crippen LogP contribution in [0, 0.1) is 0 Å². The Balaban J connectivity index is 0.00000288. The number of rotatable bonds is 6. The largest absolute Gasteiger partial charge is 0.350 e. The SMILES string of the molecule is CC(C)(N)CNC(=O)c1cccc(S(=O)(=O)NC2CCCC2)c1.Cl. The van der Waals surface area contributed by atoms with E-state index in [1.807, 2.05) is 0 Å². The zero-order chi connectivity index (χ0) is 17.1. The van der Waals surface area contributed by atoms with Gasteiger partial charge in [-0.1, -0.05) is 18.9 Å². The van der Waals surface area contributed by atoms with Crippen LogP contribution in [0.15, 0.2) is 29.2 Å². The van der Waals surface area contributed by atoms with Gasteiger partial charge < -0.3 is 11.1 Å². The molecule has 1 aliphatic rings. The van der Waals surface area contributed by atoms with Gasteiger partial charge >= 0.3 is 0 Å². The molecule has 0 aromatic heterocycles. The normalized spacial score (nSPS) is 15.8. The van der Waals surface area contributed by atoms with Gasteiger partial charge in [0.15, 0.2) is 0 Å². The van der Waals surface area contributed by atoms with E-state index in [1.165, 1.54) is 12.1 Å². The molecule has 1 fully saturated rings. The van der Waals surface area contributed by atoms with E-state index in [0.29, 0.717) is 12.1 Å². The Morgan fingerprint density at radius 3 is 2.50 bits per heavy atom. The molecule has 136 valence electrons. The van der Waals surface area contributed by atoms with Crippen molar-refractivity contribution in [2.45, 2.75) is 56.0 Å². The average molecular weight is 376 g/mol. The zero-order valence-corrected chi connectivity index (χ0v) is 15.7. The number of carbonyl (C=O) groups excluding carboxylic acids is 1. The minimum Gasteiger partial charge on any atom is -0.350 e. The van der Waals surface area contributed by atoms with Crippen LogP contribution in [0.2, 0.25) is 0 Å². The van der Waals surface area contributed by atoms with Crippen LogP contribution in [0.4, 0.5) is 0 Å². The molecule has 2 rings (SSSR count). The number of hydrogen-bond donors (Lipinski definition) is 3. The number of nitrogens with one attached hydrogen (secondary N) is 2. The Kier molecular flexibility index (Phi) is 7.22. The fourth-order valence-electron chi connectivity index (χ4n) is 2.55. The standard InChI is InChI=1S/C16H25N3O3S.ClH/c1-16(2,17)11-18-15(20)12-6-5-9-14(10-12)23(21,22)19-13-7-3-4-8-13;/h5-6,9-10,13,19H,3-4,7-8,11,17H2,1-2H3,(H,18,20);1H. The van der Waals surface area contributed by atoms with E-state index < -0.39 is 15.6 Å². The molecule has 0 spiro atoms. The van der Waals surface area contributed by atoms with Crippen molar-refractivity contribution in [3.63, 3.8) is 0 Å². The Labute approximate surface area is 150 Å². The molecule has 0 bridgehead atoms. The van der Waals surface area contributed by atoms with E-state index >= 15 is 0 Å². The minimum absolute atomic E-state index is 0. The highest BCUT2D eigenvalue weighted by atomic mass is 35.5.